The molecule has 1 aromatic heterocycles. The molecule has 0 amide bonds. The zero-order chi connectivity index (χ0) is 34.2. The Morgan fingerprint density at radius 2 is 0.843 bits per heavy atom. The molecule has 0 bridgehead atoms. The molecule has 4 nitrogen and oxygen atoms in total. The van der Waals surface area contributed by atoms with Gasteiger partial charge in [-0.1, -0.05) is 164 Å². The number of hydrogen-bond donors (Lipinski definition) is 0. The van der Waals surface area contributed by atoms with Crippen LogP contribution in [0.15, 0.2) is 182 Å². The molecule has 0 unspecified atom stereocenters. The molecular formula is C47H30N4. The molecule has 8 aromatic rings. The Hall–Kier alpha value is -6.96. The molecule has 0 fully saturated rings. The molecule has 1 aliphatic rings. The Balaban J connectivity index is 1.22. The highest BCUT2D eigenvalue weighted by Crippen LogP contribution is 2.56. The van der Waals surface area contributed by atoms with Crippen molar-refractivity contribution in [3.63, 3.8) is 0 Å². The van der Waals surface area contributed by atoms with Gasteiger partial charge in [0.1, 0.15) is 0 Å². The second-order valence-corrected chi connectivity index (χ2v) is 12.7. The molecule has 0 aliphatic heterocycles. The highest BCUT2D eigenvalue weighted by molar-refractivity contribution is 5.86. The van der Waals surface area contributed by atoms with Crippen LogP contribution in [0.2, 0.25) is 0 Å². The van der Waals surface area contributed by atoms with Crippen LogP contribution >= 0.6 is 0 Å². The molecule has 9 rings (SSSR count). The van der Waals surface area contributed by atoms with E-state index in [1.165, 1.54) is 27.8 Å². The number of nitriles is 1. The lowest BCUT2D eigenvalue weighted by Gasteiger charge is -2.34. The molecule has 0 saturated heterocycles. The summed E-state index contributed by atoms with van der Waals surface area (Å²) in [6.45, 7) is 0. The van der Waals surface area contributed by atoms with E-state index in [-0.39, 0.29) is 0 Å². The Bertz CT molecular complexity index is 2540. The van der Waals surface area contributed by atoms with Gasteiger partial charge in [-0.05, 0) is 62.7 Å². The van der Waals surface area contributed by atoms with Crippen molar-refractivity contribution in [1.29, 1.82) is 5.26 Å². The molecule has 1 aliphatic carbocycles. The van der Waals surface area contributed by atoms with Crippen LogP contribution in [-0.2, 0) is 5.41 Å². The maximum atomic E-state index is 9.41. The normalized spacial score (nSPS) is 12.5. The fraction of sp³-hybridized carbons (Fsp3) is 0.0213. The molecule has 51 heavy (non-hydrogen) atoms. The first-order valence-corrected chi connectivity index (χ1v) is 17.0. The third kappa shape index (κ3) is 5.12. The van der Waals surface area contributed by atoms with Gasteiger partial charge in [-0.15, -0.1) is 0 Å². The lowest BCUT2D eigenvalue weighted by atomic mass is 9.67. The van der Waals surface area contributed by atoms with Gasteiger partial charge in [-0.2, -0.15) is 5.26 Å². The topological polar surface area (TPSA) is 62.5 Å². The van der Waals surface area contributed by atoms with Gasteiger partial charge in [0, 0.05) is 16.7 Å². The fourth-order valence-corrected chi connectivity index (χ4v) is 7.53. The molecule has 0 saturated carbocycles. The zero-order valence-corrected chi connectivity index (χ0v) is 27.6. The van der Waals surface area contributed by atoms with E-state index in [0.717, 1.165) is 33.4 Å². The van der Waals surface area contributed by atoms with Crippen LogP contribution in [0.4, 0.5) is 0 Å². The molecule has 238 valence electrons. The monoisotopic (exact) mass is 650 g/mol. The average molecular weight is 651 g/mol. The standard InChI is InChI=1S/C47H30N4/c48-31-32-13-11-16-36(29-32)33-25-27-35(28-26-33)45-49-44(34-14-3-1-4-15-34)50-46(51-45)37-17-12-20-39(30-37)47(38-18-5-2-6-19-38)42-23-9-7-21-40(42)41-22-8-10-24-43(41)47/h1-30H. The van der Waals surface area contributed by atoms with Gasteiger partial charge in [0.2, 0.25) is 0 Å². The van der Waals surface area contributed by atoms with E-state index < -0.39 is 5.41 Å². The number of rotatable bonds is 6. The van der Waals surface area contributed by atoms with Gasteiger partial charge < -0.3 is 0 Å². The SMILES string of the molecule is N#Cc1cccc(-c2ccc(-c3nc(-c4ccccc4)nc(-c4cccc(C5(c6ccccc6)c6ccccc6-c6ccccc65)c4)n3)cc2)c1. The first-order valence-electron chi connectivity index (χ1n) is 17.0. The lowest BCUT2D eigenvalue weighted by Crippen LogP contribution is -2.28. The van der Waals surface area contributed by atoms with E-state index in [1.54, 1.807) is 0 Å². The fourth-order valence-electron chi connectivity index (χ4n) is 7.53. The summed E-state index contributed by atoms with van der Waals surface area (Å²) in [5.41, 5.74) is 12.2. The first kappa shape index (κ1) is 30.1. The van der Waals surface area contributed by atoms with Crippen LogP contribution in [-0.4, -0.2) is 15.0 Å². The van der Waals surface area contributed by atoms with Gasteiger partial charge in [-0.3, -0.25) is 0 Å². The minimum Gasteiger partial charge on any atom is -0.208 e. The summed E-state index contributed by atoms with van der Waals surface area (Å²) in [7, 11) is 0. The minimum atomic E-state index is -0.527. The minimum absolute atomic E-state index is 0.527. The van der Waals surface area contributed by atoms with Crippen LogP contribution < -0.4 is 0 Å². The number of nitrogens with zero attached hydrogens (tertiary/aromatic N) is 4. The second kappa shape index (κ2) is 12.5. The molecule has 0 atom stereocenters. The largest absolute Gasteiger partial charge is 0.208 e. The third-order valence-electron chi connectivity index (χ3n) is 9.85. The van der Waals surface area contributed by atoms with E-state index in [0.29, 0.717) is 23.0 Å². The van der Waals surface area contributed by atoms with Crippen molar-refractivity contribution >= 4 is 0 Å². The van der Waals surface area contributed by atoms with Crippen molar-refractivity contribution in [2.45, 2.75) is 5.41 Å². The summed E-state index contributed by atoms with van der Waals surface area (Å²) in [6.07, 6.45) is 0. The van der Waals surface area contributed by atoms with E-state index >= 15 is 0 Å². The van der Waals surface area contributed by atoms with E-state index in [4.69, 9.17) is 15.0 Å². The third-order valence-corrected chi connectivity index (χ3v) is 9.85. The highest BCUT2D eigenvalue weighted by Gasteiger charge is 2.45. The molecule has 4 heteroatoms. The molecule has 0 N–H and O–H groups in total. The van der Waals surface area contributed by atoms with E-state index in [1.807, 2.05) is 66.7 Å². The van der Waals surface area contributed by atoms with E-state index in [9.17, 15) is 5.26 Å². The predicted molar refractivity (Wildman–Crippen MR) is 204 cm³/mol. The van der Waals surface area contributed by atoms with Gasteiger partial charge >= 0.3 is 0 Å². The summed E-state index contributed by atoms with van der Waals surface area (Å²) < 4.78 is 0. The predicted octanol–water partition coefficient (Wildman–Crippen LogP) is 10.8. The van der Waals surface area contributed by atoms with Crippen LogP contribution in [0.25, 0.3) is 56.4 Å². The lowest BCUT2D eigenvalue weighted by molar-refractivity contribution is 0.768. The summed E-state index contributed by atoms with van der Waals surface area (Å²) in [6, 6.07) is 65.1. The Morgan fingerprint density at radius 3 is 1.49 bits per heavy atom. The van der Waals surface area contributed by atoms with E-state index in [2.05, 4.69) is 121 Å². The van der Waals surface area contributed by atoms with Crippen molar-refractivity contribution in [1.82, 2.24) is 15.0 Å². The zero-order valence-electron chi connectivity index (χ0n) is 27.6. The van der Waals surface area contributed by atoms with Crippen LogP contribution in [0.3, 0.4) is 0 Å². The molecular weight excluding hydrogens is 621 g/mol. The molecule has 0 radical (unpaired) electrons. The Labute approximate surface area is 297 Å². The van der Waals surface area contributed by atoms with Crippen LogP contribution in [0.1, 0.15) is 27.8 Å². The number of aromatic nitrogens is 3. The van der Waals surface area contributed by atoms with Crippen molar-refractivity contribution < 1.29 is 0 Å². The Kier molecular flexibility index (Phi) is 7.38. The van der Waals surface area contributed by atoms with Crippen molar-refractivity contribution in [2.75, 3.05) is 0 Å². The number of fused-ring (bicyclic) bond motifs is 3. The maximum Gasteiger partial charge on any atom is 0.164 e. The average Bonchev–Trinajstić information content (AvgIpc) is 3.52. The first-order chi connectivity index (χ1) is 25.2. The van der Waals surface area contributed by atoms with Gasteiger partial charge in [0.25, 0.3) is 0 Å². The van der Waals surface area contributed by atoms with Gasteiger partial charge in [0.15, 0.2) is 17.5 Å². The highest BCUT2D eigenvalue weighted by atomic mass is 15.0. The number of benzene rings is 7. The quantitative estimate of drug-likeness (QED) is 0.180. The summed E-state index contributed by atoms with van der Waals surface area (Å²) in [5.74, 6) is 1.81. The second-order valence-electron chi connectivity index (χ2n) is 12.7. The molecule has 7 aromatic carbocycles. The van der Waals surface area contributed by atoms with Gasteiger partial charge in [-0.25, -0.2) is 15.0 Å². The Morgan fingerprint density at radius 1 is 0.373 bits per heavy atom. The van der Waals surface area contributed by atoms with Crippen molar-refractivity contribution in [3.05, 3.63) is 210 Å². The number of hydrogen-bond acceptors (Lipinski definition) is 4. The van der Waals surface area contributed by atoms with Crippen LogP contribution in [0.5, 0.6) is 0 Å². The summed E-state index contributed by atoms with van der Waals surface area (Å²) in [5, 5.41) is 9.41. The molecule has 0 spiro atoms. The smallest absolute Gasteiger partial charge is 0.164 e. The summed E-state index contributed by atoms with van der Waals surface area (Å²) in [4.78, 5) is 15.2. The molecule has 1 heterocycles. The van der Waals surface area contributed by atoms with Gasteiger partial charge in [0.05, 0.1) is 17.0 Å². The van der Waals surface area contributed by atoms with Crippen LogP contribution in [0, 0.1) is 11.3 Å². The van der Waals surface area contributed by atoms with Crippen molar-refractivity contribution in [2.24, 2.45) is 0 Å². The summed E-state index contributed by atoms with van der Waals surface area (Å²) >= 11 is 0. The van der Waals surface area contributed by atoms with Crippen molar-refractivity contribution in [3.8, 4) is 62.5 Å². The maximum absolute atomic E-state index is 9.41.